The maximum Gasteiger partial charge on any atom is 0.260 e. The van der Waals surface area contributed by atoms with Crippen molar-refractivity contribution in [2.75, 3.05) is 12.3 Å². The zero-order valence-electron chi connectivity index (χ0n) is 14.2. The third-order valence-electron chi connectivity index (χ3n) is 3.57. The number of hydrogen-bond acceptors (Lipinski definition) is 3. The molecule has 2 aromatic carbocycles. The van der Waals surface area contributed by atoms with Crippen LogP contribution >= 0.6 is 23.4 Å². The Morgan fingerprint density at radius 1 is 1.32 bits per heavy atom. The second-order valence-electron chi connectivity index (χ2n) is 5.61. The first-order valence-electron chi connectivity index (χ1n) is 7.99. The van der Waals surface area contributed by atoms with Gasteiger partial charge in [-0.2, -0.15) is 11.8 Å². The first-order chi connectivity index (χ1) is 12.0. The van der Waals surface area contributed by atoms with Gasteiger partial charge in [-0.3, -0.25) is 4.79 Å². The maximum absolute atomic E-state index is 13.5. The summed E-state index contributed by atoms with van der Waals surface area (Å²) in [5.74, 6) is 1.52. The summed E-state index contributed by atoms with van der Waals surface area (Å²) in [6.07, 6.45) is -0.600. The Morgan fingerprint density at radius 2 is 2.08 bits per heavy atom. The van der Waals surface area contributed by atoms with Crippen molar-refractivity contribution in [3.05, 3.63) is 64.4 Å². The predicted molar refractivity (Wildman–Crippen MR) is 102 cm³/mol. The Balaban J connectivity index is 1.69. The number of carbonyl (C=O) groups is 1. The van der Waals surface area contributed by atoms with Crippen LogP contribution in [0.15, 0.2) is 42.5 Å². The molecule has 1 amide bonds. The molecule has 0 aromatic heterocycles. The lowest BCUT2D eigenvalue weighted by atomic mass is 10.2. The zero-order chi connectivity index (χ0) is 18.2. The van der Waals surface area contributed by atoms with E-state index in [0.29, 0.717) is 34.4 Å². The molecule has 0 spiro atoms. The van der Waals surface area contributed by atoms with Gasteiger partial charge in [0.2, 0.25) is 0 Å². The average Bonchev–Trinajstić information content (AvgIpc) is 2.59. The third kappa shape index (κ3) is 6.25. The molecule has 0 aliphatic carbocycles. The molecule has 3 nitrogen and oxygen atoms in total. The summed E-state index contributed by atoms with van der Waals surface area (Å²) in [6.45, 7) is 4.09. The van der Waals surface area contributed by atoms with Gasteiger partial charge in [-0.25, -0.2) is 4.39 Å². The Labute approximate surface area is 156 Å². The third-order valence-corrected chi connectivity index (χ3v) is 5.00. The number of amides is 1. The van der Waals surface area contributed by atoms with Gasteiger partial charge in [-0.05, 0) is 49.2 Å². The lowest BCUT2D eigenvalue weighted by Gasteiger charge is -2.15. The number of thioether (sulfide) groups is 1. The molecule has 0 bridgehead atoms. The van der Waals surface area contributed by atoms with E-state index in [9.17, 15) is 9.18 Å². The highest BCUT2D eigenvalue weighted by Crippen LogP contribution is 2.22. The van der Waals surface area contributed by atoms with E-state index in [1.807, 2.05) is 13.0 Å². The maximum atomic E-state index is 13.5. The van der Waals surface area contributed by atoms with E-state index >= 15 is 0 Å². The summed E-state index contributed by atoms with van der Waals surface area (Å²) in [7, 11) is 0. The van der Waals surface area contributed by atoms with Crippen LogP contribution < -0.4 is 10.1 Å². The van der Waals surface area contributed by atoms with Crippen LogP contribution in [0.25, 0.3) is 0 Å². The number of ether oxygens (including phenoxy) is 1. The van der Waals surface area contributed by atoms with E-state index in [1.165, 1.54) is 6.07 Å². The van der Waals surface area contributed by atoms with Crippen LogP contribution in [0.5, 0.6) is 5.75 Å². The fraction of sp³-hybridized carbons (Fsp3) is 0.316. The molecular formula is C19H21ClFNO2S. The molecule has 2 aromatic rings. The van der Waals surface area contributed by atoms with Crippen molar-refractivity contribution in [3.63, 3.8) is 0 Å². The van der Waals surface area contributed by atoms with Crippen molar-refractivity contribution < 1.29 is 13.9 Å². The van der Waals surface area contributed by atoms with Gasteiger partial charge >= 0.3 is 0 Å². The minimum Gasteiger partial charge on any atom is -0.481 e. The Hall–Kier alpha value is -1.72. The lowest BCUT2D eigenvalue weighted by Crippen LogP contribution is -2.37. The SMILES string of the molecule is Cc1cc(O[C@@H](C)C(=O)NCCSCc2ccccc2F)ccc1Cl. The molecule has 1 atom stereocenters. The Morgan fingerprint density at radius 3 is 2.80 bits per heavy atom. The highest BCUT2D eigenvalue weighted by molar-refractivity contribution is 7.98. The molecule has 6 heteroatoms. The standard InChI is InChI=1S/C19H21ClFNO2S/c1-13-11-16(7-8-17(13)20)24-14(2)19(23)22-9-10-25-12-15-5-3-4-6-18(15)21/h3-8,11,14H,9-10,12H2,1-2H3,(H,22,23)/t14-/m0/s1. The van der Waals surface area contributed by atoms with Crippen molar-refractivity contribution >= 4 is 29.3 Å². The molecule has 0 radical (unpaired) electrons. The van der Waals surface area contributed by atoms with Gasteiger partial charge in [0.1, 0.15) is 11.6 Å². The van der Waals surface area contributed by atoms with E-state index < -0.39 is 6.10 Å². The lowest BCUT2D eigenvalue weighted by molar-refractivity contribution is -0.127. The van der Waals surface area contributed by atoms with Gasteiger partial charge in [-0.15, -0.1) is 0 Å². The largest absolute Gasteiger partial charge is 0.481 e. The van der Waals surface area contributed by atoms with Gasteiger partial charge in [-0.1, -0.05) is 29.8 Å². The first-order valence-corrected chi connectivity index (χ1v) is 9.52. The zero-order valence-corrected chi connectivity index (χ0v) is 15.8. The highest BCUT2D eigenvalue weighted by Gasteiger charge is 2.14. The number of hydrogen-bond donors (Lipinski definition) is 1. The minimum atomic E-state index is -0.600. The number of rotatable bonds is 8. The fourth-order valence-electron chi connectivity index (χ4n) is 2.14. The smallest absolute Gasteiger partial charge is 0.260 e. The Bertz CT molecular complexity index is 726. The van der Waals surface area contributed by atoms with Crippen LogP contribution in [0.2, 0.25) is 5.02 Å². The van der Waals surface area contributed by atoms with Crippen molar-refractivity contribution in [2.45, 2.75) is 25.7 Å². The topological polar surface area (TPSA) is 38.3 Å². The van der Waals surface area contributed by atoms with Gasteiger partial charge < -0.3 is 10.1 Å². The quantitative estimate of drug-likeness (QED) is 0.679. The molecule has 2 rings (SSSR count). The second kappa shape index (κ2) is 9.68. The van der Waals surface area contributed by atoms with Gasteiger partial charge in [0, 0.05) is 23.1 Å². The molecule has 25 heavy (non-hydrogen) atoms. The molecule has 0 saturated carbocycles. The van der Waals surface area contributed by atoms with Gasteiger partial charge in [0.05, 0.1) is 0 Å². The Kier molecular flexibility index (Phi) is 7.59. The van der Waals surface area contributed by atoms with E-state index in [1.54, 1.807) is 49.0 Å². The van der Waals surface area contributed by atoms with Crippen LogP contribution in [-0.4, -0.2) is 24.3 Å². The van der Waals surface area contributed by atoms with Crippen LogP contribution in [0.4, 0.5) is 4.39 Å². The van der Waals surface area contributed by atoms with Crippen LogP contribution in [0.3, 0.4) is 0 Å². The van der Waals surface area contributed by atoms with E-state index in [-0.39, 0.29) is 11.7 Å². The number of halogens is 2. The molecule has 134 valence electrons. The molecular weight excluding hydrogens is 361 g/mol. The molecule has 0 aliphatic heterocycles. The number of nitrogens with one attached hydrogen (secondary N) is 1. The summed E-state index contributed by atoms with van der Waals surface area (Å²) in [5, 5.41) is 3.49. The van der Waals surface area contributed by atoms with E-state index in [4.69, 9.17) is 16.3 Å². The normalized spacial score (nSPS) is 11.8. The highest BCUT2D eigenvalue weighted by atomic mass is 35.5. The van der Waals surface area contributed by atoms with Crippen LogP contribution in [0.1, 0.15) is 18.1 Å². The molecule has 0 saturated heterocycles. The van der Waals surface area contributed by atoms with Crippen LogP contribution in [0, 0.1) is 12.7 Å². The molecule has 0 unspecified atom stereocenters. The number of benzene rings is 2. The summed E-state index contributed by atoms with van der Waals surface area (Å²) < 4.78 is 19.1. The monoisotopic (exact) mass is 381 g/mol. The molecule has 0 aliphatic rings. The summed E-state index contributed by atoms with van der Waals surface area (Å²) in [5.41, 5.74) is 1.57. The minimum absolute atomic E-state index is 0.181. The summed E-state index contributed by atoms with van der Waals surface area (Å²) in [6, 6.07) is 12.0. The van der Waals surface area contributed by atoms with E-state index in [2.05, 4.69) is 5.32 Å². The first kappa shape index (κ1) is 19.6. The average molecular weight is 382 g/mol. The van der Waals surface area contributed by atoms with Crippen molar-refractivity contribution in [3.8, 4) is 5.75 Å². The van der Waals surface area contributed by atoms with E-state index in [0.717, 1.165) is 5.56 Å². The van der Waals surface area contributed by atoms with Crippen molar-refractivity contribution in [1.29, 1.82) is 0 Å². The number of aryl methyl sites for hydroxylation is 1. The van der Waals surface area contributed by atoms with Crippen molar-refractivity contribution in [1.82, 2.24) is 5.32 Å². The molecule has 1 N–H and O–H groups in total. The van der Waals surface area contributed by atoms with Gasteiger partial charge in [0.15, 0.2) is 6.10 Å². The summed E-state index contributed by atoms with van der Waals surface area (Å²) >= 11 is 7.54. The fourth-order valence-corrected chi connectivity index (χ4v) is 3.10. The van der Waals surface area contributed by atoms with Crippen molar-refractivity contribution in [2.24, 2.45) is 0 Å². The van der Waals surface area contributed by atoms with Gasteiger partial charge in [0.25, 0.3) is 5.91 Å². The second-order valence-corrected chi connectivity index (χ2v) is 7.12. The predicted octanol–water partition coefficient (Wildman–Crippen LogP) is 4.60. The number of carbonyl (C=O) groups excluding carboxylic acids is 1. The molecule has 0 fully saturated rings. The summed E-state index contributed by atoms with van der Waals surface area (Å²) in [4.78, 5) is 12.1. The molecule has 0 heterocycles. The van der Waals surface area contributed by atoms with Crippen LogP contribution in [-0.2, 0) is 10.5 Å².